The number of esters is 3. The molecule has 1 fully saturated rings. The first kappa shape index (κ1) is 23.8. The third kappa shape index (κ3) is 6.50. The molecule has 0 aliphatic carbocycles. The van der Waals surface area contributed by atoms with Gasteiger partial charge in [0.05, 0.1) is 6.61 Å². The van der Waals surface area contributed by atoms with Crippen molar-refractivity contribution in [2.24, 2.45) is 0 Å². The van der Waals surface area contributed by atoms with Crippen molar-refractivity contribution in [2.45, 2.75) is 52.2 Å². The number of nitrogens with zero attached hydrogens (tertiary/aromatic N) is 2. The van der Waals surface area contributed by atoms with Crippen LogP contribution in [0.15, 0.2) is 17.1 Å². The molecule has 2 rings (SSSR count). The van der Waals surface area contributed by atoms with Crippen LogP contribution in [0.1, 0.15) is 33.9 Å². The largest absolute Gasteiger partial charge is 0.463 e. The second kappa shape index (κ2) is 10.5. The van der Waals surface area contributed by atoms with Crippen LogP contribution < -0.4 is 11.0 Å². The Morgan fingerprint density at radius 2 is 1.71 bits per heavy atom. The highest BCUT2D eigenvalue weighted by Gasteiger charge is 2.50. The van der Waals surface area contributed by atoms with Crippen molar-refractivity contribution in [3.63, 3.8) is 0 Å². The zero-order chi connectivity index (χ0) is 23.1. The number of hydrogen-bond acceptors (Lipinski definition) is 11. The fraction of sp³-hybridized carbons (Fsp3) is 0.556. The molecule has 0 radical (unpaired) electrons. The monoisotopic (exact) mass is 441 g/mol. The minimum absolute atomic E-state index is 0.0743. The van der Waals surface area contributed by atoms with Crippen LogP contribution in [0.5, 0.6) is 0 Å². The Bertz CT molecular complexity index is 899. The maximum atomic E-state index is 12.5. The molecular formula is C18H23N3O10. The number of hydrogen-bond donors (Lipinski definition) is 1. The summed E-state index contributed by atoms with van der Waals surface area (Å²) in [6, 6.07) is 1.30. The Morgan fingerprint density at radius 1 is 1.06 bits per heavy atom. The van der Waals surface area contributed by atoms with Crippen LogP contribution in [0.25, 0.3) is 0 Å². The van der Waals surface area contributed by atoms with Gasteiger partial charge in [-0.05, 0) is 13.0 Å². The van der Waals surface area contributed by atoms with Crippen LogP contribution in [-0.2, 0) is 38.1 Å². The average molecular weight is 441 g/mol. The van der Waals surface area contributed by atoms with Gasteiger partial charge in [0.25, 0.3) is 0 Å². The molecule has 1 aromatic rings. The second-order valence-electron chi connectivity index (χ2n) is 6.36. The van der Waals surface area contributed by atoms with Crippen LogP contribution in [-0.4, -0.2) is 65.1 Å². The minimum atomic E-state index is -1.24. The molecular weight excluding hydrogens is 418 g/mol. The lowest BCUT2D eigenvalue weighted by molar-refractivity contribution is -0.166. The maximum Gasteiger partial charge on any atom is 0.412 e. The summed E-state index contributed by atoms with van der Waals surface area (Å²) < 4.78 is 26.9. The summed E-state index contributed by atoms with van der Waals surface area (Å²) in [4.78, 5) is 62.2. The van der Waals surface area contributed by atoms with Gasteiger partial charge in [-0.25, -0.2) is 9.59 Å². The van der Waals surface area contributed by atoms with Gasteiger partial charge in [-0.2, -0.15) is 4.98 Å². The van der Waals surface area contributed by atoms with Crippen molar-refractivity contribution >= 4 is 29.8 Å². The van der Waals surface area contributed by atoms with E-state index in [0.717, 1.165) is 18.4 Å². The first-order valence-corrected chi connectivity index (χ1v) is 9.28. The molecule has 1 aromatic heterocycles. The van der Waals surface area contributed by atoms with E-state index in [0.29, 0.717) is 0 Å². The lowest BCUT2D eigenvalue weighted by Gasteiger charge is -2.23. The molecule has 1 amide bonds. The number of carbonyl (C=O) groups is 4. The molecule has 13 heteroatoms. The summed E-state index contributed by atoms with van der Waals surface area (Å²) in [6.07, 6.45) is -4.20. The van der Waals surface area contributed by atoms with Gasteiger partial charge in [-0.3, -0.25) is 24.3 Å². The Labute approximate surface area is 176 Å². The number of anilines is 1. The van der Waals surface area contributed by atoms with Crippen molar-refractivity contribution in [3.05, 3.63) is 22.7 Å². The number of aromatic nitrogens is 2. The summed E-state index contributed by atoms with van der Waals surface area (Å²) in [5.74, 6) is -2.09. The van der Waals surface area contributed by atoms with Gasteiger partial charge in [-0.1, -0.05) is 0 Å². The van der Waals surface area contributed by atoms with E-state index in [1.165, 1.54) is 19.2 Å². The van der Waals surface area contributed by atoms with E-state index in [-0.39, 0.29) is 19.0 Å². The number of nitrogens with one attached hydrogen (secondary N) is 1. The van der Waals surface area contributed by atoms with Gasteiger partial charge < -0.3 is 23.7 Å². The molecule has 0 saturated carbocycles. The smallest absolute Gasteiger partial charge is 0.412 e. The van der Waals surface area contributed by atoms with Crippen molar-refractivity contribution < 1.29 is 42.9 Å². The summed E-state index contributed by atoms with van der Waals surface area (Å²) >= 11 is 0. The first-order chi connectivity index (χ1) is 14.6. The van der Waals surface area contributed by atoms with Crippen molar-refractivity contribution in [2.75, 3.05) is 18.5 Å². The summed E-state index contributed by atoms with van der Waals surface area (Å²) in [6.45, 7) is 4.89. The third-order valence-electron chi connectivity index (χ3n) is 3.95. The molecule has 1 N–H and O–H groups in total. The Hall–Kier alpha value is -3.48. The highest BCUT2D eigenvalue weighted by Crippen LogP contribution is 2.33. The van der Waals surface area contributed by atoms with Crippen LogP contribution >= 0.6 is 0 Å². The molecule has 1 aliphatic rings. The predicted molar refractivity (Wildman–Crippen MR) is 101 cm³/mol. The van der Waals surface area contributed by atoms with Gasteiger partial charge in [0.15, 0.2) is 18.4 Å². The molecule has 0 unspecified atom stereocenters. The molecule has 1 saturated heterocycles. The van der Waals surface area contributed by atoms with Crippen LogP contribution in [0.4, 0.5) is 10.6 Å². The third-order valence-corrected chi connectivity index (χ3v) is 3.95. The molecule has 0 bridgehead atoms. The molecule has 13 nitrogen and oxygen atoms in total. The second-order valence-corrected chi connectivity index (χ2v) is 6.36. The normalized spacial score (nSPS) is 22.3. The number of rotatable bonds is 7. The highest BCUT2D eigenvalue weighted by atomic mass is 16.7. The van der Waals surface area contributed by atoms with E-state index < -0.39 is 54.2 Å². The van der Waals surface area contributed by atoms with E-state index in [4.69, 9.17) is 23.7 Å². The fourth-order valence-electron chi connectivity index (χ4n) is 2.86. The van der Waals surface area contributed by atoms with Crippen molar-refractivity contribution in [1.82, 2.24) is 9.55 Å². The molecule has 1 aliphatic heterocycles. The first-order valence-electron chi connectivity index (χ1n) is 9.28. The van der Waals surface area contributed by atoms with E-state index in [1.807, 2.05) is 0 Å². The molecule has 0 spiro atoms. The highest BCUT2D eigenvalue weighted by molar-refractivity contribution is 5.83. The van der Waals surface area contributed by atoms with Crippen LogP contribution in [0, 0.1) is 0 Å². The van der Waals surface area contributed by atoms with Gasteiger partial charge in [-0.15, -0.1) is 0 Å². The Kier molecular flexibility index (Phi) is 8.07. The molecule has 0 aromatic carbocycles. The van der Waals surface area contributed by atoms with E-state index >= 15 is 0 Å². The van der Waals surface area contributed by atoms with Crippen LogP contribution in [0.2, 0.25) is 0 Å². The zero-order valence-electron chi connectivity index (χ0n) is 17.4. The SMILES string of the molecule is CCOC(=O)Nc1ccn([C@H]2O[C@@H](COC(C)=O)[C@@H](OC(C)=O)[C@H]2OC(C)=O)c(=O)n1. The molecule has 2 heterocycles. The van der Waals surface area contributed by atoms with Crippen molar-refractivity contribution in [3.8, 4) is 0 Å². The van der Waals surface area contributed by atoms with E-state index in [1.54, 1.807) is 6.92 Å². The topological polar surface area (TPSA) is 161 Å². The standard InChI is InChI=1S/C18H23N3O10/c1-5-27-18(26)20-13-6-7-21(17(25)19-13)16-15(30-11(4)24)14(29-10(3)23)12(31-16)8-28-9(2)22/h6-7,12,14-16H,5,8H2,1-4H3,(H,19,20,25,26)/t12-,14+,15+,16-/m0/s1. The number of amides is 1. The minimum Gasteiger partial charge on any atom is -0.463 e. The summed E-state index contributed by atoms with van der Waals surface area (Å²) in [5, 5.41) is 2.28. The molecule has 4 atom stereocenters. The van der Waals surface area contributed by atoms with Gasteiger partial charge in [0.1, 0.15) is 18.5 Å². The van der Waals surface area contributed by atoms with Gasteiger partial charge in [0.2, 0.25) is 0 Å². The Morgan fingerprint density at radius 3 is 2.26 bits per heavy atom. The quantitative estimate of drug-likeness (QED) is 0.452. The average Bonchev–Trinajstić information content (AvgIpc) is 2.96. The molecule has 31 heavy (non-hydrogen) atoms. The summed E-state index contributed by atoms with van der Waals surface area (Å²) in [7, 11) is 0. The summed E-state index contributed by atoms with van der Waals surface area (Å²) in [5.41, 5.74) is -0.855. The molecule has 170 valence electrons. The number of carbonyl (C=O) groups excluding carboxylic acids is 4. The zero-order valence-corrected chi connectivity index (χ0v) is 17.4. The Balaban J connectivity index is 2.35. The predicted octanol–water partition coefficient (Wildman–Crippen LogP) is 0.136. The fourth-order valence-corrected chi connectivity index (χ4v) is 2.86. The maximum absolute atomic E-state index is 12.5. The lowest BCUT2D eigenvalue weighted by atomic mass is 10.1. The van der Waals surface area contributed by atoms with E-state index in [2.05, 4.69) is 10.3 Å². The van der Waals surface area contributed by atoms with Crippen molar-refractivity contribution in [1.29, 1.82) is 0 Å². The number of ether oxygens (including phenoxy) is 5. The van der Waals surface area contributed by atoms with Crippen LogP contribution in [0.3, 0.4) is 0 Å². The van der Waals surface area contributed by atoms with Gasteiger partial charge >= 0.3 is 29.7 Å². The van der Waals surface area contributed by atoms with Gasteiger partial charge in [0, 0.05) is 27.0 Å². The van der Waals surface area contributed by atoms with E-state index in [9.17, 15) is 24.0 Å². The lowest BCUT2D eigenvalue weighted by Crippen LogP contribution is -2.41.